The van der Waals surface area contributed by atoms with Gasteiger partial charge in [0.2, 0.25) is 11.6 Å². The van der Waals surface area contributed by atoms with E-state index in [0.29, 0.717) is 5.56 Å². The molecule has 4 aromatic rings. The van der Waals surface area contributed by atoms with Crippen molar-refractivity contribution in [1.29, 1.82) is 0 Å². The fraction of sp³-hybridized carbons (Fsp3) is 0.156. The summed E-state index contributed by atoms with van der Waals surface area (Å²) >= 11 is 0. The molecule has 4 rings (SSSR count). The first-order valence-corrected chi connectivity index (χ1v) is 12.7. The molecule has 0 spiro atoms. The van der Waals surface area contributed by atoms with Crippen molar-refractivity contribution in [3.05, 3.63) is 130 Å². The van der Waals surface area contributed by atoms with E-state index in [0.717, 1.165) is 18.2 Å². The average Bonchev–Trinajstić information content (AvgIpc) is 2.97. The first-order valence-electron chi connectivity index (χ1n) is 12.7. The molecule has 0 heterocycles. The van der Waals surface area contributed by atoms with E-state index in [1.54, 1.807) is 0 Å². The molecular formula is C32H24F6O6. The number of ether oxygens (including phenoxy) is 2. The van der Waals surface area contributed by atoms with Crippen LogP contribution in [-0.2, 0) is 0 Å². The van der Waals surface area contributed by atoms with Crippen molar-refractivity contribution >= 4 is 17.3 Å². The number of aliphatic hydroxyl groups is 1. The number of carbonyl (C=O) groups excluding carboxylic acids is 3. The highest BCUT2D eigenvalue weighted by atomic mass is 19.3. The van der Waals surface area contributed by atoms with Gasteiger partial charge in [-0.3, -0.25) is 14.4 Å². The summed E-state index contributed by atoms with van der Waals surface area (Å²) in [5, 5.41) is 10.1. The minimum absolute atomic E-state index is 0.0216. The summed E-state index contributed by atoms with van der Waals surface area (Å²) in [6, 6.07) is 17.3. The van der Waals surface area contributed by atoms with E-state index in [-0.39, 0.29) is 39.3 Å². The van der Waals surface area contributed by atoms with Gasteiger partial charge >= 0.3 is 13.2 Å². The van der Waals surface area contributed by atoms with E-state index in [9.17, 15) is 45.8 Å². The number of hydrogen-bond donors (Lipinski definition) is 1. The molecule has 0 aromatic heterocycles. The summed E-state index contributed by atoms with van der Waals surface area (Å²) < 4.78 is 83.5. The van der Waals surface area contributed by atoms with Gasteiger partial charge < -0.3 is 14.6 Å². The van der Waals surface area contributed by atoms with Gasteiger partial charge in [-0.15, -0.1) is 0 Å². The first-order chi connectivity index (χ1) is 20.8. The van der Waals surface area contributed by atoms with Crippen molar-refractivity contribution in [2.75, 3.05) is 0 Å². The summed E-state index contributed by atoms with van der Waals surface area (Å²) in [6.45, 7) is -2.94. The van der Waals surface area contributed by atoms with Gasteiger partial charge in [-0.25, -0.2) is 8.78 Å². The molecule has 230 valence electrons. The maximum absolute atomic E-state index is 13.1. The van der Waals surface area contributed by atoms with E-state index in [4.69, 9.17) is 0 Å². The maximum Gasteiger partial charge on any atom is 0.387 e. The molecule has 12 heteroatoms. The van der Waals surface area contributed by atoms with Crippen LogP contribution in [0.4, 0.5) is 26.3 Å². The maximum atomic E-state index is 13.1. The van der Waals surface area contributed by atoms with Crippen LogP contribution in [0.5, 0.6) is 11.5 Å². The van der Waals surface area contributed by atoms with E-state index in [1.807, 2.05) is 0 Å². The van der Waals surface area contributed by atoms with Gasteiger partial charge in [0.1, 0.15) is 29.2 Å². The van der Waals surface area contributed by atoms with E-state index in [1.165, 1.54) is 80.6 Å². The molecule has 1 atom stereocenters. The topological polar surface area (TPSA) is 89.9 Å². The number of ketones is 3. The Kier molecular flexibility index (Phi) is 11.4. The fourth-order valence-corrected chi connectivity index (χ4v) is 3.93. The minimum atomic E-state index is -2.98. The number of aryl methyl sites for hydroxylation is 2. The summed E-state index contributed by atoms with van der Waals surface area (Å²) in [6.07, 6.45) is -1.51. The second-order valence-corrected chi connectivity index (χ2v) is 9.21. The van der Waals surface area contributed by atoms with Gasteiger partial charge in [0.25, 0.3) is 0 Å². The molecule has 44 heavy (non-hydrogen) atoms. The molecule has 0 bridgehead atoms. The third-order valence-electron chi connectivity index (χ3n) is 6.03. The van der Waals surface area contributed by atoms with Crippen LogP contribution in [0.1, 0.15) is 53.9 Å². The molecule has 0 saturated carbocycles. The third kappa shape index (κ3) is 9.01. The number of rotatable bonds is 10. The van der Waals surface area contributed by atoms with Gasteiger partial charge in [0, 0.05) is 16.7 Å². The zero-order chi connectivity index (χ0) is 32.6. The van der Waals surface area contributed by atoms with Crippen molar-refractivity contribution in [3.8, 4) is 11.5 Å². The summed E-state index contributed by atoms with van der Waals surface area (Å²) in [5.41, 5.74) is 0.831. The Morgan fingerprint density at radius 1 is 0.614 bits per heavy atom. The molecular weight excluding hydrogens is 594 g/mol. The largest absolute Gasteiger partial charge is 0.435 e. The molecule has 6 nitrogen and oxygen atoms in total. The lowest BCUT2D eigenvalue weighted by Gasteiger charge is -2.13. The second-order valence-electron chi connectivity index (χ2n) is 9.21. The first kappa shape index (κ1) is 33.5. The van der Waals surface area contributed by atoms with E-state index in [2.05, 4.69) is 9.47 Å². The number of benzene rings is 4. The van der Waals surface area contributed by atoms with Gasteiger partial charge in [0.05, 0.1) is 0 Å². The lowest BCUT2D eigenvalue weighted by Crippen LogP contribution is -2.15. The van der Waals surface area contributed by atoms with Gasteiger partial charge in [0.15, 0.2) is 5.78 Å². The smallest absolute Gasteiger partial charge is 0.387 e. The van der Waals surface area contributed by atoms with Gasteiger partial charge in [-0.1, -0.05) is 30.3 Å². The molecule has 0 aliphatic heterocycles. The standard InChI is InChI=1S/C16H13F3O3.C16H11F3O3/c2*1-9-7-11(5-6-13(9)22-16(18)19)15(21)14(20)10-3-2-4-12(17)8-10/h2-8,15-16,21H,1H3;2-8,16H,1H3. The molecule has 0 amide bonds. The van der Waals surface area contributed by atoms with Gasteiger partial charge in [-0.05, 0) is 85.1 Å². The normalized spacial score (nSPS) is 11.4. The molecule has 1 N–H and O–H groups in total. The number of carbonyl (C=O) groups is 3. The predicted molar refractivity (Wildman–Crippen MR) is 146 cm³/mol. The van der Waals surface area contributed by atoms with Crippen molar-refractivity contribution in [1.82, 2.24) is 0 Å². The summed E-state index contributed by atoms with van der Waals surface area (Å²) in [4.78, 5) is 36.2. The zero-order valence-electron chi connectivity index (χ0n) is 23.1. The molecule has 0 aliphatic carbocycles. The SMILES string of the molecule is Cc1cc(C(=O)C(=O)c2cccc(F)c2)ccc1OC(F)F.Cc1cc(C(O)C(=O)c2cccc(F)c2)ccc1OC(F)F. The Morgan fingerprint density at radius 2 is 1.07 bits per heavy atom. The number of alkyl halides is 4. The highest BCUT2D eigenvalue weighted by Crippen LogP contribution is 2.26. The predicted octanol–water partition coefficient (Wildman–Crippen LogP) is 7.45. The second kappa shape index (κ2) is 15.0. The highest BCUT2D eigenvalue weighted by molar-refractivity contribution is 6.49. The van der Waals surface area contributed by atoms with Crippen LogP contribution in [0.3, 0.4) is 0 Å². The molecule has 1 unspecified atom stereocenters. The quantitative estimate of drug-likeness (QED) is 0.113. The Morgan fingerprint density at radius 3 is 1.55 bits per heavy atom. The zero-order valence-corrected chi connectivity index (χ0v) is 23.1. The highest BCUT2D eigenvalue weighted by Gasteiger charge is 2.22. The summed E-state index contributed by atoms with van der Waals surface area (Å²) in [7, 11) is 0. The van der Waals surface area contributed by atoms with Crippen LogP contribution < -0.4 is 9.47 Å². The van der Waals surface area contributed by atoms with E-state index < -0.39 is 48.3 Å². The Hall–Kier alpha value is -4.97. The van der Waals surface area contributed by atoms with Crippen molar-refractivity contribution in [2.45, 2.75) is 33.2 Å². The number of halogens is 6. The lowest BCUT2D eigenvalue weighted by atomic mass is 9.98. The van der Waals surface area contributed by atoms with Crippen molar-refractivity contribution in [3.63, 3.8) is 0 Å². The molecule has 0 radical (unpaired) electrons. The Bertz CT molecular complexity index is 1660. The Balaban J connectivity index is 0.000000240. The minimum Gasteiger partial charge on any atom is -0.435 e. The molecule has 0 saturated heterocycles. The van der Waals surface area contributed by atoms with Crippen LogP contribution in [0.2, 0.25) is 0 Å². The average molecular weight is 619 g/mol. The number of hydrogen-bond acceptors (Lipinski definition) is 6. The van der Waals surface area contributed by atoms with Crippen molar-refractivity contribution < 1.29 is 55.3 Å². The summed E-state index contributed by atoms with van der Waals surface area (Å²) in [5.74, 6) is -3.74. The monoisotopic (exact) mass is 618 g/mol. The van der Waals surface area contributed by atoms with Crippen LogP contribution in [0, 0.1) is 25.5 Å². The number of aliphatic hydroxyl groups excluding tert-OH is 1. The van der Waals surface area contributed by atoms with E-state index >= 15 is 0 Å². The van der Waals surface area contributed by atoms with Crippen LogP contribution in [0.25, 0.3) is 0 Å². The van der Waals surface area contributed by atoms with Crippen molar-refractivity contribution in [2.24, 2.45) is 0 Å². The van der Waals surface area contributed by atoms with Crippen LogP contribution in [0.15, 0.2) is 84.9 Å². The molecule has 0 aliphatic rings. The Labute approximate surface area is 247 Å². The fourth-order valence-electron chi connectivity index (χ4n) is 3.93. The molecule has 4 aromatic carbocycles. The van der Waals surface area contributed by atoms with Crippen LogP contribution in [-0.4, -0.2) is 35.7 Å². The number of Topliss-reactive ketones (excluding diaryl/α,β-unsaturated/α-hetero) is 3. The van der Waals surface area contributed by atoms with Gasteiger partial charge in [-0.2, -0.15) is 17.6 Å². The third-order valence-corrected chi connectivity index (χ3v) is 6.03. The lowest BCUT2D eigenvalue weighted by molar-refractivity contribution is -0.0509. The molecule has 0 fully saturated rings. The van der Waals surface area contributed by atoms with Crippen LogP contribution >= 0.6 is 0 Å².